The first-order valence-corrected chi connectivity index (χ1v) is 35.4. The van der Waals surface area contributed by atoms with E-state index in [-0.39, 0.29) is 18.5 Å². The summed E-state index contributed by atoms with van der Waals surface area (Å²) in [4.78, 5) is 24.7. The Bertz CT molecular complexity index is 1160. The number of ether oxygens (including phenoxy) is 1. The summed E-state index contributed by atoms with van der Waals surface area (Å²) >= 11 is 0. The molecule has 2 unspecified atom stereocenters. The van der Waals surface area contributed by atoms with Crippen LogP contribution in [0.1, 0.15) is 406 Å². The van der Waals surface area contributed by atoms with Crippen LogP contribution in [0.3, 0.4) is 0 Å². The standard InChI is InChI=1S/C71H139NO5/c1-3-5-7-9-11-13-15-17-19-21-23-25-28-31-35-39-43-47-51-55-59-63-69(74)68(67-73)72-70(75)64-60-56-52-48-44-40-36-32-29-26-24-27-30-34-38-42-46-50-54-58-62-66-77-71(76)65-61-57-53-49-45-41-37-33-22-20-18-16-14-12-10-8-6-4-2/h20,22,68-69,73-74H,3-19,21,23-67H2,1-2H3,(H,72,75)/b22-20-. The molecule has 0 heterocycles. The SMILES string of the molecule is CCCCCCCCC/C=C\CCCCCCCCCC(=O)OCCCCCCCCCCCCCCCCCCCCCCCC(=O)NC(CO)C(O)CCCCCCCCCCCCCCCCCCCCCCC. The summed E-state index contributed by atoms with van der Waals surface area (Å²) in [5.41, 5.74) is 0. The largest absolute Gasteiger partial charge is 0.466 e. The molecule has 0 fully saturated rings. The van der Waals surface area contributed by atoms with E-state index in [1.54, 1.807) is 0 Å². The molecular formula is C71H139NO5. The molecule has 0 aromatic carbocycles. The van der Waals surface area contributed by atoms with Crippen molar-refractivity contribution in [1.29, 1.82) is 0 Å². The molecule has 0 aliphatic heterocycles. The number of aliphatic hydroxyl groups excluding tert-OH is 2. The second-order valence-electron chi connectivity index (χ2n) is 24.6. The molecule has 3 N–H and O–H groups in total. The lowest BCUT2D eigenvalue weighted by Crippen LogP contribution is -2.45. The molecule has 77 heavy (non-hydrogen) atoms. The maximum Gasteiger partial charge on any atom is 0.305 e. The van der Waals surface area contributed by atoms with Crippen LogP contribution in [0.5, 0.6) is 0 Å². The number of hydrogen-bond acceptors (Lipinski definition) is 5. The number of nitrogens with one attached hydrogen (secondary N) is 1. The van der Waals surface area contributed by atoms with Crippen molar-refractivity contribution in [3.05, 3.63) is 12.2 Å². The maximum atomic E-state index is 12.5. The third-order valence-corrected chi connectivity index (χ3v) is 16.8. The number of rotatable bonds is 67. The molecule has 0 rings (SSSR count). The van der Waals surface area contributed by atoms with Crippen LogP contribution in [0.15, 0.2) is 12.2 Å². The van der Waals surface area contributed by atoms with Crippen LogP contribution in [0, 0.1) is 0 Å². The quantitative estimate of drug-likeness (QED) is 0.0320. The summed E-state index contributed by atoms with van der Waals surface area (Å²) in [5.74, 6) is -0.0206. The van der Waals surface area contributed by atoms with Crippen LogP contribution in [0.4, 0.5) is 0 Å². The summed E-state index contributed by atoms with van der Waals surface area (Å²) in [6, 6.07) is -0.543. The molecule has 0 radical (unpaired) electrons. The van der Waals surface area contributed by atoms with E-state index in [9.17, 15) is 19.8 Å². The summed E-state index contributed by atoms with van der Waals surface area (Å²) in [6.45, 7) is 4.99. The lowest BCUT2D eigenvalue weighted by Gasteiger charge is -2.22. The fourth-order valence-corrected chi connectivity index (χ4v) is 11.4. The zero-order valence-corrected chi connectivity index (χ0v) is 52.5. The Morgan fingerprint density at radius 3 is 0.922 bits per heavy atom. The Morgan fingerprint density at radius 1 is 0.351 bits per heavy atom. The molecule has 2 atom stereocenters. The Labute approximate surface area is 482 Å². The van der Waals surface area contributed by atoms with Crippen molar-refractivity contribution in [2.45, 2.75) is 418 Å². The minimum Gasteiger partial charge on any atom is -0.466 e. The van der Waals surface area contributed by atoms with Gasteiger partial charge in [0.15, 0.2) is 0 Å². The van der Waals surface area contributed by atoms with E-state index >= 15 is 0 Å². The molecule has 458 valence electrons. The van der Waals surface area contributed by atoms with E-state index < -0.39 is 12.1 Å². The highest BCUT2D eigenvalue weighted by Crippen LogP contribution is 2.19. The van der Waals surface area contributed by atoms with Gasteiger partial charge in [0, 0.05) is 12.8 Å². The number of hydrogen-bond donors (Lipinski definition) is 3. The van der Waals surface area contributed by atoms with Gasteiger partial charge in [-0.2, -0.15) is 0 Å². The summed E-state index contributed by atoms with van der Waals surface area (Å²) in [5, 5.41) is 23.4. The van der Waals surface area contributed by atoms with Gasteiger partial charge in [0.2, 0.25) is 5.91 Å². The van der Waals surface area contributed by atoms with Gasteiger partial charge in [0.1, 0.15) is 0 Å². The molecule has 0 aromatic heterocycles. The average Bonchev–Trinajstić information content (AvgIpc) is 3.43. The first kappa shape index (κ1) is 75.6. The van der Waals surface area contributed by atoms with E-state index in [1.165, 1.54) is 327 Å². The van der Waals surface area contributed by atoms with Gasteiger partial charge >= 0.3 is 5.97 Å². The average molecular weight is 1090 g/mol. The normalized spacial score (nSPS) is 12.5. The van der Waals surface area contributed by atoms with Gasteiger partial charge in [0.25, 0.3) is 0 Å². The van der Waals surface area contributed by atoms with Crippen molar-refractivity contribution in [3.63, 3.8) is 0 Å². The Balaban J connectivity index is 3.37. The van der Waals surface area contributed by atoms with E-state index in [1.807, 2.05) is 0 Å². The number of unbranched alkanes of at least 4 members (excludes halogenated alkanes) is 54. The van der Waals surface area contributed by atoms with Crippen molar-refractivity contribution in [1.82, 2.24) is 5.32 Å². The Morgan fingerprint density at radius 2 is 0.610 bits per heavy atom. The van der Waals surface area contributed by atoms with Gasteiger partial charge < -0.3 is 20.3 Å². The van der Waals surface area contributed by atoms with Gasteiger partial charge in [-0.05, 0) is 51.4 Å². The van der Waals surface area contributed by atoms with Crippen molar-refractivity contribution < 1.29 is 24.5 Å². The van der Waals surface area contributed by atoms with Crippen molar-refractivity contribution in [2.24, 2.45) is 0 Å². The third-order valence-electron chi connectivity index (χ3n) is 16.8. The third kappa shape index (κ3) is 63.6. The van der Waals surface area contributed by atoms with E-state index in [0.29, 0.717) is 25.9 Å². The van der Waals surface area contributed by atoms with Crippen LogP contribution in [0.25, 0.3) is 0 Å². The zero-order chi connectivity index (χ0) is 55.7. The van der Waals surface area contributed by atoms with Crippen molar-refractivity contribution >= 4 is 11.9 Å². The van der Waals surface area contributed by atoms with Gasteiger partial charge in [-0.15, -0.1) is 0 Å². The lowest BCUT2D eigenvalue weighted by molar-refractivity contribution is -0.143. The van der Waals surface area contributed by atoms with Crippen LogP contribution in [-0.4, -0.2) is 47.4 Å². The molecule has 0 saturated heterocycles. The molecule has 0 aromatic rings. The number of carbonyl (C=O) groups excluding carboxylic acids is 2. The molecule has 0 saturated carbocycles. The van der Waals surface area contributed by atoms with E-state index in [2.05, 4.69) is 31.3 Å². The zero-order valence-electron chi connectivity index (χ0n) is 52.5. The summed E-state index contributed by atoms with van der Waals surface area (Å²) in [6.07, 6.45) is 82.5. The Kier molecular flexibility index (Phi) is 65.9. The predicted octanol–water partition coefficient (Wildman–Crippen LogP) is 22.8. The van der Waals surface area contributed by atoms with Gasteiger partial charge in [-0.1, -0.05) is 353 Å². The van der Waals surface area contributed by atoms with Crippen LogP contribution < -0.4 is 5.32 Å². The van der Waals surface area contributed by atoms with Gasteiger partial charge in [-0.3, -0.25) is 9.59 Å². The summed E-state index contributed by atoms with van der Waals surface area (Å²) < 4.78 is 5.50. The molecule has 6 nitrogen and oxygen atoms in total. The van der Waals surface area contributed by atoms with E-state index in [0.717, 1.165) is 44.9 Å². The highest BCUT2D eigenvalue weighted by atomic mass is 16.5. The second-order valence-corrected chi connectivity index (χ2v) is 24.6. The number of esters is 1. The van der Waals surface area contributed by atoms with Crippen LogP contribution >= 0.6 is 0 Å². The fraction of sp³-hybridized carbons (Fsp3) is 0.944. The van der Waals surface area contributed by atoms with Gasteiger partial charge in [-0.25, -0.2) is 0 Å². The highest BCUT2D eigenvalue weighted by Gasteiger charge is 2.20. The van der Waals surface area contributed by atoms with Gasteiger partial charge in [0.05, 0.1) is 25.4 Å². The molecule has 0 spiro atoms. The number of allylic oxidation sites excluding steroid dienone is 2. The number of amides is 1. The fourth-order valence-electron chi connectivity index (χ4n) is 11.4. The topological polar surface area (TPSA) is 95.9 Å². The maximum absolute atomic E-state index is 12.5. The Hall–Kier alpha value is -1.40. The monoisotopic (exact) mass is 1090 g/mol. The van der Waals surface area contributed by atoms with Crippen molar-refractivity contribution in [3.8, 4) is 0 Å². The molecule has 0 aliphatic rings. The molecule has 6 heteroatoms. The number of aliphatic hydroxyl groups is 2. The predicted molar refractivity (Wildman–Crippen MR) is 338 cm³/mol. The first-order chi connectivity index (χ1) is 38.0. The molecule has 0 aliphatic carbocycles. The number of carbonyl (C=O) groups is 2. The second kappa shape index (κ2) is 67.1. The van der Waals surface area contributed by atoms with Crippen LogP contribution in [0.2, 0.25) is 0 Å². The summed E-state index contributed by atoms with van der Waals surface area (Å²) in [7, 11) is 0. The van der Waals surface area contributed by atoms with Crippen LogP contribution in [-0.2, 0) is 14.3 Å². The first-order valence-electron chi connectivity index (χ1n) is 35.4. The molecule has 1 amide bonds. The highest BCUT2D eigenvalue weighted by molar-refractivity contribution is 5.76. The van der Waals surface area contributed by atoms with E-state index in [4.69, 9.17) is 4.74 Å². The minimum atomic E-state index is -0.666. The lowest BCUT2D eigenvalue weighted by atomic mass is 10.0. The van der Waals surface area contributed by atoms with Crippen molar-refractivity contribution in [2.75, 3.05) is 13.2 Å². The minimum absolute atomic E-state index is 0.0105. The smallest absolute Gasteiger partial charge is 0.305 e. The molecule has 0 bridgehead atoms. The molecular weight excluding hydrogens is 947 g/mol.